The predicted octanol–water partition coefficient (Wildman–Crippen LogP) is 0.655. The van der Waals surface area contributed by atoms with Crippen molar-refractivity contribution < 1.29 is 14.1 Å². The SMILES string of the molecule is COC(=O)c1conc1C(C)(C)N. The van der Waals surface area contributed by atoms with Crippen LogP contribution in [0.3, 0.4) is 0 Å². The van der Waals surface area contributed by atoms with Gasteiger partial charge in [0.15, 0.2) is 0 Å². The van der Waals surface area contributed by atoms with Crippen LogP contribution >= 0.6 is 0 Å². The lowest BCUT2D eigenvalue weighted by atomic mass is 9.99. The fraction of sp³-hybridized carbons (Fsp3) is 0.500. The van der Waals surface area contributed by atoms with E-state index in [2.05, 4.69) is 14.4 Å². The van der Waals surface area contributed by atoms with Crippen LogP contribution in [0.2, 0.25) is 0 Å². The van der Waals surface area contributed by atoms with Gasteiger partial charge in [-0.1, -0.05) is 5.16 Å². The van der Waals surface area contributed by atoms with Crippen molar-refractivity contribution >= 4 is 5.97 Å². The van der Waals surface area contributed by atoms with Gasteiger partial charge < -0.3 is 15.0 Å². The van der Waals surface area contributed by atoms with Gasteiger partial charge in [-0.3, -0.25) is 0 Å². The van der Waals surface area contributed by atoms with Crippen LogP contribution in [0.5, 0.6) is 0 Å². The quantitative estimate of drug-likeness (QED) is 0.683. The van der Waals surface area contributed by atoms with Gasteiger partial charge >= 0.3 is 5.97 Å². The van der Waals surface area contributed by atoms with E-state index in [1.165, 1.54) is 13.4 Å². The van der Waals surface area contributed by atoms with Crippen molar-refractivity contribution in [3.8, 4) is 0 Å². The van der Waals surface area contributed by atoms with E-state index in [9.17, 15) is 4.79 Å². The van der Waals surface area contributed by atoms with Crippen LogP contribution in [0, 0.1) is 0 Å². The fourth-order valence-electron chi connectivity index (χ4n) is 0.956. The first-order valence-corrected chi connectivity index (χ1v) is 3.79. The van der Waals surface area contributed by atoms with Crippen LogP contribution in [0.15, 0.2) is 10.8 Å². The van der Waals surface area contributed by atoms with E-state index < -0.39 is 11.5 Å². The maximum atomic E-state index is 11.2. The molecule has 72 valence electrons. The third-order valence-electron chi connectivity index (χ3n) is 1.59. The summed E-state index contributed by atoms with van der Waals surface area (Å²) >= 11 is 0. The van der Waals surface area contributed by atoms with Gasteiger partial charge in [0.2, 0.25) is 0 Å². The van der Waals surface area contributed by atoms with Crippen molar-refractivity contribution in [3.05, 3.63) is 17.5 Å². The highest BCUT2D eigenvalue weighted by Gasteiger charge is 2.26. The van der Waals surface area contributed by atoms with Gasteiger partial charge in [0.05, 0.1) is 12.6 Å². The molecule has 5 nitrogen and oxygen atoms in total. The van der Waals surface area contributed by atoms with Crippen molar-refractivity contribution in [2.75, 3.05) is 7.11 Å². The molecule has 0 atom stereocenters. The zero-order chi connectivity index (χ0) is 10.1. The van der Waals surface area contributed by atoms with Crippen molar-refractivity contribution in [3.63, 3.8) is 0 Å². The minimum Gasteiger partial charge on any atom is -0.465 e. The van der Waals surface area contributed by atoms with Gasteiger partial charge in [-0.05, 0) is 13.8 Å². The number of ether oxygens (including phenoxy) is 1. The van der Waals surface area contributed by atoms with Crippen LogP contribution in [-0.2, 0) is 10.3 Å². The van der Waals surface area contributed by atoms with Crippen molar-refractivity contribution in [1.82, 2.24) is 5.16 Å². The Labute approximate surface area is 75.8 Å². The molecule has 0 unspecified atom stereocenters. The third-order valence-corrected chi connectivity index (χ3v) is 1.59. The third kappa shape index (κ3) is 1.86. The summed E-state index contributed by atoms with van der Waals surface area (Å²) < 4.78 is 9.20. The highest BCUT2D eigenvalue weighted by atomic mass is 16.5. The Balaban J connectivity index is 3.10. The molecule has 0 amide bonds. The molecule has 0 aliphatic heterocycles. The summed E-state index contributed by atoms with van der Waals surface area (Å²) in [5.74, 6) is -0.491. The number of methoxy groups -OCH3 is 1. The van der Waals surface area contributed by atoms with Crippen molar-refractivity contribution in [2.24, 2.45) is 5.73 Å². The molecule has 0 fully saturated rings. The van der Waals surface area contributed by atoms with Crippen LogP contribution < -0.4 is 5.73 Å². The summed E-state index contributed by atoms with van der Waals surface area (Å²) in [6.45, 7) is 3.47. The topological polar surface area (TPSA) is 78.3 Å². The molecule has 0 saturated carbocycles. The summed E-state index contributed by atoms with van der Waals surface area (Å²) in [6, 6.07) is 0. The molecule has 1 rings (SSSR count). The zero-order valence-electron chi connectivity index (χ0n) is 7.83. The molecule has 13 heavy (non-hydrogen) atoms. The molecule has 0 aromatic carbocycles. The number of carbonyl (C=O) groups excluding carboxylic acids is 1. The first kappa shape index (κ1) is 9.73. The molecule has 1 heterocycles. The van der Waals surface area contributed by atoms with Crippen molar-refractivity contribution in [1.29, 1.82) is 0 Å². The lowest BCUT2D eigenvalue weighted by Crippen LogP contribution is -2.31. The average molecular weight is 184 g/mol. The molecule has 0 spiro atoms. The van der Waals surface area contributed by atoms with Crippen molar-refractivity contribution in [2.45, 2.75) is 19.4 Å². The van der Waals surface area contributed by atoms with Gasteiger partial charge in [-0.2, -0.15) is 0 Å². The summed E-state index contributed by atoms with van der Waals surface area (Å²) in [7, 11) is 1.29. The molecule has 0 aliphatic rings. The molecule has 2 N–H and O–H groups in total. The normalized spacial score (nSPS) is 11.4. The highest BCUT2D eigenvalue weighted by molar-refractivity contribution is 5.90. The van der Waals surface area contributed by atoms with E-state index in [1.807, 2.05) is 0 Å². The first-order valence-electron chi connectivity index (χ1n) is 3.79. The van der Waals surface area contributed by atoms with Gasteiger partial charge in [0, 0.05) is 0 Å². The van der Waals surface area contributed by atoms with E-state index in [1.54, 1.807) is 13.8 Å². The van der Waals surface area contributed by atoms with Crippen LogP contribution in [-0.4, -0.2) is 18.2 Å². The molecule has 0 saturated heterocycles. The molecular weight excluding hydrogens is 172 g/mol. The number of hydrogen-bond donors (Lipinski definition) is 1. The van der Waals surface area contributed by atoms with Crippen LogP contribution in [0.25, 0.3) is 0 Å². The highest BCUT2D eigenvalue weighted by Crippen LogP contribution is 2.19. The van der Waals surface area contributed by atoms with E-state index in [-0.39, 0.29) is 5.56 Å². The summed E-state index contributed by atoms with van der Waals surface area (Å²) in [5.41, 5.74) is 5.73. The zero-order valence-corrected chi connectivity index (χ0v) is 7.83. The number of aromatic nitrogens is 1. The van der Waals surface area contributed by atoms with Gasteiger partial charge in [0.1, 0.15) is 17.5 Å². The number of carbonyl (C=O) groups is 1. The second kappa shape index (κ2) is 3.18. The smallest absolute Gasteiger partial charge is 0.343 e. The number of esters is 1. The maximum Gasteiger partial charge on any atom is 0.343 e. The number of nitrogens with zero attached hydrogens (tertiary/aromatic N) is 1. The molecule has 0 radical (unpaired) electrons. The van der Waals surface area contributed by atoms with E-state index in [4.69, 9.17) is 5.73 Å². The predicted molar refractivity (Wildman–Crippen MR) is 45.1 cm³/mol. The Morgan fingerprint density at radius 1 is 1.69 bits per heavy atom. The molecule has 0 aliphatic carbocycles. The summed E-state index contributed by atoms with van der Waals surface area (Å²) in [4.78, 5) is 11.2. The maximum absolute atomic E-state index is 11.2. The van der Waals surface area contributed by atoms with Gasteiger partial charge in [-0.25, -0.2) is 4.79 Å². The Kier molecular flexibility index (Phi) is 2.38. The van der Waals surface area contributed by atoms with E-state index in [0.717, 1.165) is 0 Å². The summed E-state index contributed by atoms with van der Waals surface area (Å²) in [6.07, 6.45) is 1.23. The number of nitrogens with two attached hydrogens (primary N) is 1. The Bertz CT molecular complexity index is 311. The molecule has 0 bridgehead atoms. The van der Waals surface area contributed by atoms with Gasteiger partial charge in [0.25, 0.3) is 0 Å². The van der Waals surface area contributed by atoms with Crippen LogP contribution in [0.4, 0.5) is 0 Å². The second-order valence-corrected chi connectivity index (χ2v) is 3.29. The van der Waals surface area contributed by atoms with Crippen LogP contribution in [0.1, 0.15) is 29.9 Å². The lowest BCUT2D eigenvalue weighted by Gasteiger charge is -2.15. The van der Waals surface area contributed by atoms with Gasteiger partial charge in [-0.15, -0.1) is 0 Å². The fourth-order valence-corrected chi connectivity index (χ4v) is 0.956. The number of hydrogen-bond acceptors (Lipinski definition) is 5. The molecule has 1 aromatic heterocycles. The lowest BCUT2D eigenvalue weighted by molar-refractivity contribution is 0.0597. The Hall–Kier alpha value is -1.36. The van der Waals surface area contributed by atoms with E-state index in [0.29, 0.717) is 5.69 Å². The number of rotatable bonds is 2. The standard InChI is InChI=1S/C8H12N2O3/c1-8(2,9)6-5(4-13-10-6)7(11)12-3/h4H,9H2,1-3H3. The molecular formula is C8H12N2O3. The average Bonchev–Trinajstić information content (AvgIpc) is 2.49. The van der Waals surface area contributed by atoms with E-state index >= 15 is 0 Å². The monoisotopic (exact) mass is 184 g/mol. The molecule has 1 aromatic rings. The Morgan fingerprint density at radius 2 is 2.31 bits per heavy atom. The summed E-state index contributed by atoms with van der Waals surface area (Å²) in [5, 5.41) is 3.66. The minimum atomic E-state index is -0.712. The second-order valence-electron chi connectivity index (χ2n) is 3.29. The first-order chi connectivity index (χ1) is 5.96. The Morgan fingerprint density at radius 3 is 2.77 bits per heavy atom. The molecule has 5 heteroatoms. The largest absolute Gasteiger partial charge is 0.465 e. The minimum absolute atomic E-state index is 0.273.